The number of halogens is 1. The molecule has 0 amide bonds. The molecular weight excluding hydrogens is 218 g/mol. The number of rotatable bonds is 2. The Balaban J connectivity index is 2.68. The molecule has 0 spiro atoms. The fourth-order valence-corrected chi connectivity index (χ4v) is 1.59. The SMILES string of the molecule is O=[N+]([O-])c1cccc(Cl)c1-c1ccco1. The van der Waals surface area contributed by atoms with Crippen molar-refractivity contribution in [1.82, 2.24) is 0 Å². The smallest absolute Gasteiger partial charge is 0.281 e. The van der Waals surface area contributed by atoms with Gasteiger partial charge in [-0.15, -0.1) is 0 Å². The standard InChI is InChI=1S/C10H6ClNO3/c11-7-3-1-4-8(12(13)14)10(7)9-5-2-6-15-9/h1-6H. The van der Waals surface area contributed by atoms with Gasteiger partial charge in [0.1, 0.15) is 11.3 Å². The Morgan fingerprint density at radius 1 is 1.27 bits per heavy atom. The highest BCUT2D eigenvalue weighted by Gasteiger charge is 2.19. The van der Waals surface area contributed by atoms with Crippen LogP contribution in [-0.2, 0) is 0 Å². The van der Waals surface area contributed by atoms with Crippen LogP contribution >= 0.6 is 11.6 Å². The van der Waals surface area contributed by atoms with Gasteiger partial charge in [0.2, 0.25) is 0 Å². The van der Waals surface area contributed by atoms with E-state index < -0.39 is 4.92 Å². The topological polar surface area (TPSA) is 56.3 Å². The summed E-state index contributed by atoms with van der Waals surface area (Å²) in [6.45, 7) is 0. The van der Waals surface area contributed by atoms with E-state index in [1.807, 2.05) is 0 Å². The fraction of sp³-hybridized carbons (Fsp3) is 0. The second-order valence-electron chi connectivity index (χ2n) is 2.87. The lowest BCUT2D eigenvalue weighted by Crippen LogP contribution is -1.91. The molecule has 1 aromatic carbocycles. The predicted octanol–water partition coefficient (Wildman–Crippen LogP) is 3.51. The van der Waals surface area contributed by atoms with Crippen LogP contribution in [0.5, 0.6) is 0 Å². The first kappa shape index (κ1) is 9.73. The molecule has 0 atom stereocenters. The lowest BCUT2D eigenvalue weighted by molar-refractivity contribution is -0.384. The van der Waals surface area contributed by atoms with E-state index in [1.54, 1.807) is 18.2 Å². The maximum Gasteiger partial charge on any atom is 0.281 e. The molecule has 0 unspecified atom stereocenters. The number of nitro groups is 1. The Labute approximate surface area is 90.2 Å². The van der Waals surface area contributed by atoms with Crippen molar-refractivity contribution in [3.8, 4) is 11.3 Å². The van der Waals surface area contributed by atoms with Crippen molar-refractivity contribution in [3.05, 3.63) is 51.7 Å². The molecule has 0 N–H and O–H groups in total. The van der Waals surface area contributed by atoms with Crippen molar-refractivity contribution in [3.63, 3.8) is 0 Å². The number of hydrogen-bond acceptors (Lipinski definition) is 3. The summed E-state index contributed by atoms with van der Waals surface area (Å²) in [7, 11) is 0. The van der Waals surface area contributed by atoms with Crippen LogP contribution in [-0.4, -0.2) is 4.92 Å². The molecule has 0 aliphatic heterocycles. The monoisotopic (exact) mass is 223 g/mol. The number of nitrogens with zero attached hydrogens (tertiary/aromatic N) is 1. The minimum Gasteiger partial charge on any atom is -0.464 e. The van der Waals surface area contributed by atoms with E-state index in [0.29, 0.717) is 16.3 Å². The molecule has 0 bridgehead atoms. The molecule has 2 rings (SSSR count). The zero-order valence-electron chi connectivity index (χ0n) is 7.51. The maximum atomic E-state index is 10.8. The third-order valence-corrected chi connectivity index (χ3v) is 2.27. The van der Waals surface area contributed by atoms with Gasteiger partial charge in [0.05, 0.1) is 16.2 Å². The summed E-state index contributed by atoms with van der Waals surface area (Å²) in [5.41, 5.74) is 0.256. The van der Waals surface area contributed by atoms with E-state index in [-0.39, 0.29) is 5.69 Å². The largest absolute Gasteiger partial charge is 0.464 e. The first-order chi connectivity index (χ1) is 7.20. The van der Waals surface area contributed by atoms with E-state index in [0.717, 1.165) is 0 Å². The number of furan rings is 1. The molecule has 0 saturated carbocycles. The number of nitro benzene ring substituents is 1. The summed E-state index contributed by atoms with van der Waals surface area (Å²) >= 11 is 5.90. The van der Waals surface area contributed by atoms with E-state index in [9.17, 15) is 10.1 Å². The van der Waals surface area contributed by atoms with Gasteiger partial charge in [0.15, 0.2) is 0 Å². The van der Waals surface area contributed by atoms with Crippen LogP contribution in [0.1, 0.15) is 0 Å². The van der Waals surface area contributed by atoms with Crippen molar-refractivity contribution in [2.45, 2.75) is 0 Å². The Hall–Kier alpha value is -1.81. The molecule has 0 aliphatic carbocycles. The van der Waals surface area contributed by atoms with Gasteiger partial charge in [-0.1, -0.05) is 17.7 Å². The van der Waals surface area contributed by atoms with Crippen LogP contribution in [0.3, 0.4) is 0 Å². The highest BCUT2D eigenvalue weighted by molar-refractivity contribution is 6.33. The fourth-order valence-electron chi connectivity index (χ4n) is 1.33. The van der Waals surface area contributed by atoms with Crippen molar-refractivity contribution < 1.29 is 9.34 Å². The van der Waals surface area contributed by atoms with E-state index in [4.69, 9.17) is 16.0 Å². The van der Waals surface area contributed by atoms with Gasteiger partial charge in [0, 0.05) is 6.07 Å². The number of hydrogen-bond donors (Lipinski definition) is 0. The minimum atomic E-state index is -0.482. The number of benzene rings is 1. The molecule has 0 fully saturated rings. The van der Waals surface area contributed by atoms with Crippen LogP contribution < -0.4 is 0 Å². The molecule has 1 aromatic heterocycles. The van der Waals surface area contributed by atoms with Gasteiger partial charge in [0.25, 0.3) is 5.69 Å². The third-order valence-electron chi connectivity index (χ3n) is 1.96. The summed E-state index contributed by atoms with van der Waals surface area (Å²) in [5.74, 6) is 0.396. The summed E-state index contributed by atoms with van der Waals surface area (Å²) in [6.07, 6.45) is 1.45. The Morgan fingerprint density at radius 2 is 2.07 bits per heavy atom. The summed E-state index contributed by atoms with van der Waals surface area (Å²) in [4.78, 5) is 10.3. The minimum absolute atomic E-state index is 0.0579. The van der Waals surface area contributed by atoms with Crippen LogP contribution in [0.2, 0.25) is 5.02 Å². The molecule has 4 nitrogen and oxygen atoms in total. The molecule has 15 heavy (non-hydrogen) atoms. The molecular formula is C10H6ClNO3. The van der Waals surface area contributed by atoms with Crippen LogP contribution in [0, 0.1) is 10.1 Å². The van der Waals surface area contributed by atoms with Crippen LogP contribution in [0.4, 0.5) is 5.69 Å². The maximum absolute atomic E-state index is 10.8. The molecule has 0 radical (unpaired) electrons. The van der Waals surface area contributed by atoms with Gasteiger partial charge >= 0.3 is 0 Å². The quantitative estimate of drug-likeness (QED) is 0.578. The van der Waals surface area contributed by atoms with Gasteiger partial charge in [-0.3, -0.25) is 10.1 Å². The second-order valence-corrected chi connectivity index (χ2v) is 3.28. The third kappa shape index (κ3) is 1.71. The molecule has 1 heterocycles. The van der Waals surface area contributed by atoms with Crippen molar-refractivity contribution in [2.75, 3.05) is 0 Å². The van der Waals surface area contributed by atoms with Crippen molar-refractivity contribution in [2.24, 2.45) is 0 Å². The first-order valence-electron chi connectivity index (χ1n) is 4.17. The summed E-state index contributed by atoms with van der Waals surface area (Å²) < 4.78 is 5.10. The second kappa shape index (κ2) is 3.74. The normalized spacial score (nSPS) is 10.2. The van der Waals surface area contributed by atoms with Crippen molar-refractivity contribution in [1.29, 1.82) is 0 Å². The van der Waals surface area contributed by atoms with Gasteiger partial charge in [-0.05, 0) is 18.2 Å². The van der Waals surface area contributed by atoms with Gasteiger partial charge in [-0.25, -0.2) is 0 Å². The predicted molar refractivity (Wildman–Crippen MR) is 55.8 cm³/mol. The van der Waals surface area contributed by atoms with Crippen LogP contribution in [0.25, 0.3) is 11.3 Å². The van der Waals surface area contributed by atoms with Crippen LogP contribution in [0.15, 0.2) is 41.0 Å². The lowest BCUT2D eigenvalue weighted by Gasteiger charge is -2.01. The van der Waals surface area contributed by atoms with Gasteiger partial charge in [-0.2, -0.15) is 0 Å². The Morgan fingerprint density at radius 3 is 2.67 bits per heavy atom. The zero-order chi connectivity index (χ0) is 10.8. The Kier molecular flexibility index (Phi) is 2.43. The lowest BCUT2D eigenvalue weighted by atomic mass is 10.1. The average molecular weight is 224 g/mol. The van der Waals surface area contributed by atoms with E-state index in [2.05, 4.69) is 0 Å². The van der Waals surface area contributed by atoms with E-state index >= 15 is 0 Å². The van der Waals surface area contributed by atoms with Gasteiger partial charge < -0.3 is 4.42 Å². The highest BCUT2D eigenvalue weighted by atomic mass is 35.5. The zero-order valence-corrected chi connectivity index (χ0v) is 8.27. The molecule has 76 valence electrons. The van der Waals surface area contributed by atoms with Crippen molar-refractivity contribution >= 4 is 17.3 Å². The average Bonchev–Trinajstić information content (AvgIpc) is 2.70. The highest BCUT2D eigenvalue weighted by Crippen LogP contribution is 2.36. The van der Waals surface area contributed by atoms with E-state index in [1.165, 1.54) is 18.4 Å². The molecule has 0 aliphatic rings. The molecule has 0 saturated heterocycles. The first-order valence-corrected chi connectivity index (χ1v) is 4.54. The molecule has 5 heteroatoms. The summed E-state index contributed by atoms with van der Waals surface area (Å²) in [5, 5.41) is 11.1. The Bertz CT molecular complexity index is 493. The summed E-state index contributed by atoms with van der Waals surface area (Å²) in [6, 6.07) is 7.81. The molecule has 2 aromatic rings.